The summed E-state index contributed by atoms with van der Waals surface area (Å²) in [6, 6.07) is 6.45. The normalized spacial score (nSPS) is 10.7. The average molecular weight is 275 g/mol. The second-order valence-corrected chi connectivity index (χ2v) is 5.73. The second-order valence-electron chi connectivity index (χ2n) is 4.62. The molecule has 0 saturated heterocycles. The van der Waals surface area contributed by atoms with Gasteiger partial charge < -0.3 is 5.73 Å². The van der Waals surface area contributed by atoms with E-state index in [0.717, 1.165) is 16.1 Å². The third-order valence-electron chi connectivity index (χ3n) is 2.81. The van der Waals surface area contributed by atoms with Crippen LogP contribution in [-0.4, -0.2) is 4.98 Å². The van der Waals surface area contributed by atoms with Crippen molar-refractivity contribution in [1.29, 1.82) is 5.26 Å². The molecule has 19 heavy (non-hydrogen) atoms. The van der Waals surface area contributed by atoms with Crippen molar-refractivity contribution in [2.75, 3.05) is 5.73 Å². The smallest absolute Gasteiger partial charge is 0.180 e. The van der Waals surface area contributed by atoms with Crippen LogP contribution in [0.4, 0.5) is 9.52 Å². The fraction of sp³-hybridized carbons (Fsp3) is 0.286. The molecule has 0 bridgehead atoms. The number of hydrogen-bond donors (Lipinski definition) is 1. The first kappa shape index (κ1) is 13.5. The van der Waals surface area contributed by atoms with Crippen molar-refractivity contribution in [3.05, 3.63) is 45.7 Å². The van der Waals surface area contributed by atoms with Crippen LogP contribution in [0.2, 0.25) is 0 Å². The molecular weight excluding hydrogens is 261 g/mol. The molecule has 0 aliphatic heterocycles. The van der Waals surface area contributed by atoms with Gasteiger partial charge in [-0.3, -0.25) is 0 Å². The summed E-state index contributed by atoms with van der Waals surface area (Å²) < 4.78 is 13.3. The Balaban J connectivity index is 2.34. The van der Waals surface area contributed by atoms with E-state index in [1.54, 1.807) is 12.1 Å². The number of nitrogen functional groups attached to an aromatic ring is 1. The van der Waals surface area contributed by atoms with E-state index in [9.17, 15) is 4.39 Å². The predicted octanol–water partition coefficient (Wildman–Crippen LogP) is 3.45. The Kier molecular flexibility index (Phi) is 3.82. The first-order valence-electron chi connectivity index (χ1n) is 5.95. The van der Waals surface area contributed by atoms with E-state index in [1.165, 1.54) is 17.4 Å². The van der Waals surface area contributed by atoms with Crippen LogP contribution in [0.3, 0.4) is 0 Å². The fourth-order valence-electron chi connectivity index (χ4n) is 1.91. The zero-order valence-corrected chi connectivity index (χ0v) is 11.6. The molecule has 1 aromatic carbocycles. The minimum Gasteiger partial charge on any atom is -0.375 e. The van der Waals surface area contributed by atoms with E-state index in [2.05, 4.69) is 18.8 Å². The number of nitriles is 1. The van der Waals surface area contributed by atoms with Crippen LogP contribution >= 0.6 is 11.3 Å². The van der Waals surface area contributed by atoms with Crippen LogP contribution in [-0.2, 0) is 6.42 Å². The SMILES string of the molecule is CC(C)c1nc(N)sc1Cc1ccc(F)c(C#N)c1. The van der Waals surface area contributed by atoms with Gasteiger partial charge in [0.25, 0.3) is 0 Å². The minimum absolute atomic E-state index is 0.0704. The molecule has 2 rings (SSSR count). The number of rotatable bonds is 3. The number of nitrogens with two attached hydrogens (primary N) is 1. The third-order valence-corrected chi connectivity index (χ3v) is 3.71. The molecule has 2 aromatic rings. The van der Waals surface area contributed by atoms with Crippen LogP contribution in [0.25, 0.3) is 0 Å². The molecule has 3 nitrogen and oxygen atoms in total. The zero-order valence-electron chi connectivity index (χ0n) is 10.8. The number of nitrogens with zero attached hydrogens (tertiary/aromatic N) is 2. The summed E-state index contributed by atoms with van der Waals surface area (Å²) in [5, 5.41) is 9.38. The molecule has 2 N–H and O–H groups in total. The maximum Gasteiger partial charge on any atom is 0.180 e. The molecule has 0 unspecified atom stereocenters. The quantitative estimate of drug-likeness (QED) is 0.933. The summed E-state index contributed by atoms with van der Waals surface area (Å²) in [6.07, 6.45) is 0.622. The standard InChI is InChI=1S/C14H14FN3S/c1-8(2)13-12(19-14(17)18-13)6-9-3-4-11(15)10(5-9)7-16/h3-5,8H,6H2,1-2H3,(H2,17,18). The Morgan fingerprint density at radius 2 is 2.21 bits per heavy atom. The van der Waals surface area contributed by atoms with Crippen molar-refractivity contribution in [3.8, 4) is 6.07 Å². The molecule has 0 saturated carbocycles. The average Bonchev–Trinajstić information content (AvgIpc) is 2.73. The molecule has 0 amide bonds. The monoisotopic (exact) mass is 275 g/mol. The highest BCUT2D eigenvalue weighted by molar-refractivity contribution is 7.15. The van der Waals surface area contributed by atoms with E-state index in [0.29, 0.717) is 17.5 Å². The molecule has 98 valence electrons. The lowest BCUT2D eigenvalue weighted by atomic mass is 10.0. The van der Waals surface area contributed by atoms with Gasteiger partial charge in [0.15, 0.2) is 5.13 Å². The second kappa shape index (κ2) is 5.37. The molecule has 0 spiro atoms. The maximum absolute atomic E-state index is 13.3. The first-order valence-corrected chi connectivity index (χ1v) is 6.76. The van der Waals surface area contributed by atoms with E-state index in [4.69, 9.17) is 11.0 Å². The van der Waals surface area contributed by atoms with Crippen LogP contribution in [0.1, 0.15) is 41.5 Å². The number of aromatic nitrogens is 1. The van der Waals surface area contributed by atoms with Gasteiger partial charge in [0.05, 0.1) is 11.3 Å². The number of benzene rings is 1. The van der Waals surface area contributed by atoms with Gasteiger partial charge in [0, 0.05) is 11.3 Å². The number of thiazole rings is 1. The van der Waals surface area contributed by atoms with Gasteiger partial charge in [-0.2, -0.15) is 5.26 Å². The summed E-state index contributed by atoms with van der Waals surface area (Å²) in [6.45, 7) is 4.12. The Morgan fingerprint density at radius 3 is 2.84 bits per heavy atom. The maximum atomic E-state index is 13.3. The Bertz CT molecular complexity index is 641. The van der Waals surface area contributed by atoms with Crippen molar-refractivity contribution in [3.63, 3.8) is 0 Å². The van der Waals surface area contributed by atoms with Crippen LogP contribution in [0.15, 0.2) is 18.2 Å². The van der Waals surface area contributed by atoms with Crippen LogP contribution < -0.4 is 5.73 Å². The highest BCUT2D eigenvalue weighted by Gasteiger charge is 2.14. The van der Waals surface area contributed by atoms with E-state index in [1.807, 2.05) is 6.07 Å². The Morgan fingerprint density at radius 1 is 1.47 bits per heavy atom. The van der Waals surface area contributed by atoms with Gasteiger partial charge in [-0.15, -0.1) is 11.3 Å². The first-order chi connectivity index (χ1) is 9.01. The van der Waals surface area contributed by atoms with E-state index >= 15 is 0 Å². The summed E-state index contributed by atoms with van der Waals surface area (Å²) in [4.78, 5) is 5.40. The predicted molar refractivity (Wildman–Crippen MR) is 74.5 cm³/mol. The Labute approximate surface area is 115 Å². The number of anilines is 1. The van der Waals surface area contributed by atoms with Gasteiger partial charge >= 0.3 is 0 Å². The molecule has 0 fully saturated rings. The number of halogens is 1. The topological polar surface area (TPSA) is 62.7 Å². The number of hydrogen-bond acceptors (Lipinski definition) is 4. The van der Waals surface area contributed by atoms with Gasteiger partial charge in [0.2, 0.25) is 0 Å². The summed E-state index contributed by atoms with van der Waals surface area (Å²) in [7, 11) is 0. The molecule has 0 radical (unpaired) electrons. The minimum atomic E-state index is -0.487. The molecule has 0 aliphatic carbocycles. The third kappa shape index (κ3) is 2.91. The summed E-state index contributed by atoms with van der Waals surface area (Å²) in [5.41, 5.74) is 7.69. The van der Waals surface area contributed by atoms with E-state index < -0.39 is 5.82 Å². The van der Waals surface area contributed by atoms with Crippen molar-refractivity contribution < 1.29 is 4.39 Å². The molecule has 5 heteroatoms. The summed E-state index contributed by atoms with van der Waals surface area (Å²) in [5.74, 6) is -0.196. The lowest BCUT2D eigenvalue weighted by molar-refractivity contribution is 0.623. The van der Waals surface area contributed by atoms with Crippen molar-refractivity contribution in [1.82, 2.24) is 4.98 Å². The molecule has 1 heterocycles. The summed E-state index contributed by atoms with van der Waals surface area (Å²) >= 11 is 1.45. The van der Waals surface area contributed by atoms with Gasteiger partial charge in [-0.25, -0.2) is 9.37 Å². The van der Waals surface area contributed by atoms with Crippen molar-refractivity contribution in [2.45, 2.75) is 26.2 Å². The van der Waals surface area contributed by atoms with Gasteiger partial charge in [0.1, 0.15) is 11.9 Å². The highest BCUT2D eigenvalue weighted by Crippen LogP contribution is 2.29. The van der Waals surface area contributed by atoms with Crippen LogP contribution in [0, 0.1) is 17.1 Å². The van der Waals surface area contributed by atoms with Crippen molar-refractivity contribution in [2.24, 2.45) is 0 Å². The lowest BCUT2D eigenvalue weighted by Crippen LogP contribution is -1.96. The highest BCUT2D eigenvalue weighted by atomic mass is 32.1. The van der Waals surface area contributed by atoms with Gasteiger partial charge in [-0.1, -0.05) is 19.9 Å². The van der Waals surface area contributed by atoms with Crippen molar-refractivity contribution >= 4 is 16.5 Å². The molecular formula is C14H14FN3S. The lowest BCUT2D eigenvalue weighted by Gasteiger charge is -2.06. The molecule has 1 aromatic heterocycles. The van der Waals surface area contributed by atoms with Crippen LogP contribution in [0.5, 0.6) is 0 Å². The molecule has 0 aliphatic rings. The fourth-order valence-corrected chi connectivity index (χ4v) is 2.93. The Hall–Kier alpha value is -1.93. The largest absolute Gasteiger partial charge is 0.375 e. The van der Waals surface area contributed by atoms with E-state index in [-0.39, 0.29) is 5.56 Å². The van der Waals surface area contributed by atoms with Gasteiger partial charge in [-0.05, 0) is 23.6 Å². The molecule has 0 atom stereocenters. The zero-order chi connectivity index (χ0) is 14.0.